The molecular formula is C15H21N3. The lowest BCUT2D eigenvalue weighted by Gasteiger charge is -2.14. The van der Waals surface area contributed by atoms with Gasteiger partial charge < -0.3 is 5.32 Å². The summed E-state index contributed by atoms with van der Waals surface area (Å²) in [6, 6.07) is 9.03. The average molecular weight is 243 g/mol. The predicted octanol–water partition coefficient (Wildman–Crippen LogP) is 2.89. The summed E-state index contributed by atoms with van der Waals surface area (Å²) in [5.74, 6) is 0. The van der Waals surface area contributed by atoms with Gasteiger partial charge in [-0.1, -0.05) is 29.8 Å². The fourth-order valence-electron chi connectivity index (χ4n) is 2.06. The smallest absolute Gasteiger partial charge is 0.0638 e. The highest BCUT2D eigenvalue weighted by Gasteiger charge is 2.07. The molecule has 0 spiro atoms. The summed E-state index contributed by atoms with van der Waals surface area (Å²) >= 11 is 0. The number of hydrogen-bond donors (Lipinski definition) is 1. The lowest BCUT2D eigenvalue weighted by atomic mass is 10.1. The first-order chi connectivity index (χ1) is 8.56. The van der Waals surface area contributed by atoms with E-state index in [0.717, 1.165) is 12.2 Å². The molecule has 0 radical (unpaired) electrons. The highest BCUT2D eigenvalue weighted by molar-refractivity contribution is 5.24. The lowest BCUT2D eigenvalue weighted by Crippen LogP contribution is -2.18. The number of aromatic nitrogens is 2. The molecule has 0 saturated carbocycles. The van der Waals surface area contributed by atoms with Crippen LogP contribution in [0.2, 0.25) is 0 Å². The second-order valence-corrected chi connectivity index (χ2v) is 4.93. The van der Waals surface area contributed by atoms with Crippen LogP contribution in [0.1, 0.15) is 35.3 Å². The number of benzene rings is 1. The molecule has 3 heteroatoms. The Kier molecular flexibility index (Phi) is 3.82. The Balaban J connectivity index is 1.98. The van der Waals surface area contributed by atoms with Gasteiger partial charge in [0.05, 0.1) is 5.69 Å². The molecule has 0 bridgehead atoms. The van der Waals surface area contributed by atoms with E-state index >= 15 is 0 Å². The van der Waals surface area contributed by atoms with Crippen molar-refractivity contribution < 1.29 is 0 Å². The van der Waals surface area contributed by atoms with Gasteiger partial charge in [0.2, 0.25) is 0 Å². The first-order valence-corrected chi connectivity index (χ1v) is 6.35. The molecule has 1 unspecified atom stereocenters. The van der Waals surface area contributed by atoms with Crippen LogP contribution >= 0.6 is 0 Å². The molecule has 18 heavy (non-hydrogen) atoms. The van der Waals surface area contributed by atoms with Crippen molar-refractivity contribution in [2.75, 3.05) is 0 Å². The molecule has 96 valence electrons. The number of rotatable bonds is 4. The van der Waals surface area contributed by atoms with Crippen LogP contribution < -0.4 is 5.32 Å². The molecule has 0 aliphatic carbocycles. The molecule has 0 saturated heterocycles. The monoisotopic (exact) mass is 243 g/mol. The van der Waals surface area contributed by atoms with Gasteiger partial charge in [-0.05, 0) is 26.3 Å². The van der Waals surface area contributed by atoms with Crippen molar-refractivity contribution in [3.63, 3.8) is 0 Å². The number of aryl methyl sites for hydroxylation is 3. The maximum Gasteiger partial charge on any atom is 0.0638 e. The summed E-state index contributed by atoms with van der Waals surface area (Å²) in [5.41, 5.74) is 4.98. The Labute approximate surface area is 109 Å². The summed E-state index contributed by atoms with van der Waals surface area (Å²) in [6.07, 6.45) is 2.07. The second-order valence-electron chi connectivity index (χ2n) is 4.93. The number of nitrogens with zero attached hydrogens (tertiary/aromatic N) is 2. The minimum Gasteiger partial charge on any atom is -0.306 e. The zero-order valence-electron chi connectivity index (χ0n) is 11.6. The van der Waals surface area contributed by atoms with E-state index < -0.39 is 0 Å². The van der Waals surface area contributed by atoms with E-state index in [1.807, 2.05) is 18.7 Å². The minimum absolute atomic E-state index is 0.352. The zero-order valence-corrected chi connectivity index (χ0v) is 11.6. The molecule has 1 aromatic carbocycles. The molecule has 2 rings (SSSR count). The van der Waals surface area contributed by atoms with Crippen molar-refractivity contribution in [1.29, 1.82) is 0 Å². The van der Waals surface area contributed by atoms with Gasteiger partial charge >= 0.3 is 0 Å². The van der Waals surface area contributed by atoms with Gasteiger partial charge in [-0.2, -0.15) is 5.10 Å². The van der Waals surface area contributed by atoms with Crippen LogP contribution in [0.3, 0.4) is 0 Å². The summed E-state index contributed by atoms with van der Waals surface area (Å²) in [4.78, 5) is 0. The molecule has 1 heterocycles. The van der Waals surface area contributed by atoms with E-state index in [1.54, 1.807) is 0 Å². The van der Waals surface area contributed by atoms with Gasteiger partial charge in [0.1, 0.15) is 0 Å². The Hall–Kier alpha value is -1.61. The van der Waals surface area contributed by atoms with Gasteiger partial charge in [-0.3, -0.25) is 4.68 Å². The predicted molar refractivity (Wildman–Crippen MR) is 74.4 cm³/mol. The summed E-state index contributed by atoms with van der Waals surface area (Å²) in [6.45, 7) is 7.21. The standard InChI is InChI=1S/C15H21N3/c1-11-5-7-14(8-6-11)12(2)16-9-15-10-18(4)17-13(15)3/h5-8,10,12,16H,9H2,1-4H3. The van der Waals surface area contributed by atoms with Crippen LogP contribution in [-0.4, -0.2) is 9.78 Å². The van der Waals surface area contributed by atoms with Crippen LogP contribution in [0.5, 0.6) is 0 Å². The Bertz CT molecular complexity index is 511. The molecule has 3 nitrogen and oxygen atoms in total. The Morgan fingerprint density at radius 2 is 1.89 bits per heavy atom. The fraction of sp³-hybridized carbons (Fsp3) is 0.400. The molecule has 1 N–H and O–H groups in total. The Morgan fingerprint density at radius 1 is 1.22 bits per heavy atom. The minimum atomic E-state index is 0.352. The van der Waals surface area contributed by atoms with Gasteiger partial charge in [-0.15, -0.1) is 0 Å². The average Bonchev–Trinajstić information content (AvgIpc) is 2.66. The van der Waals surface area contributed by atoms with E-state index in [-0.39, 0.29) is 0 Å². The largest absolute Gasteiger partial charge is 0.306 e. The van der Waals surface area contributed by atoms with E-state index in [9.17, 15) is 0 Å². The Morgan fingerprint density at radius 3 is 2.44 bits per heavy atom. The maximum absolute atomic E-state index is 4.35. The SMILES string of the molecule is Cc1ccc(C(C)NCc2cn(C)nc2C)cc1. The van der Waals surface area contributed by atoms with Gasteiger partial charge in [0, 0.05) is 31.4 Å². The van der Waals surface area contributed by atoms with Crippen molar-refractivity contribution >= 4 is 0 Å². The first-order valence-electron chi connectivity index (χ1n) is 6.35. The second kappa shape index (κ2) is 5.36. The first kappa shape index (κ1) is 12.8. The van der Waals surface area contributed by atoms with Crippen LogP contribution in [-0.2, 0) is 13.6 Å². The maximum atomic E-state index is 4.35. The van der Waals surface area contributed by atoms with Crippen LogP contribution in [0.4, 0.5) is 0 Å². The van der Waals surface area contributed by atoms with Gasteiger partial charge in [0.25, 0.3) is 0 Å². The molecule has 0 aliphatic heterocycles. The molecule has 2 aromatic rings. The molecule has 0 aliphatic rings. The van der Waals surface area contributed by atoms with E-state index in [1.165, 1.54) is 16.7 Å². The van der Waals surface area contributed by atoms with Crippen molar-refractivity contribution in [3.8, 4) is 0 Å². The van der Waals surface area contributed by atoms with E-state index in [4.69, 9.17) is 0 Å². The van der Waals surface area contributed by atoms with Crippen LogP contribution in [0.15, 0.2) is 30.5 Å². The topological polar surface area (TPSA) is 29.9 Å². The van der Waals surface area contributed by atoms with Crippen molar-refractivity contribution in [3.05, 3.63) is 52.8 Å². The van der Waals surface area contributed by atoms with Crippen molar-refractivity contribution in [2.24, 2.45) is 7.05 Å². The third-order valence-corrected chi connectivity index (χ3v) is 3.29. The van der Waals surface area contributed by atoms with E-state index in [0.29, 0.717) is 6.04 Å². The quantitative estimate of drug-likeness (QED) is 0.895. The third-order valence-electron chi connectivity index (χ3n) is 3.29. The van der Waals surface area contributed by atoms with Gasteiger partial charge in [0.15, 0.2) is 0 Å². The highest BCUT2D eigenvalue weighted by atomic mass is 15.2. The lowest BCUT2D eigenvalue weighted by molar-refractivity contribution is 0.573. The van der Waals surface area contributed by atoms with Crippen LogP contribution in [0, 0.1) is 13.8 Å². The van der Waals surface area contributed by atoms with Gasteiger partial charge in [-0.25, -0.2) is 0 Å². The van der Waals surface area contributed by atoms with Crippen molar-refractivity contribution in [1.82, 2.24) is 15.1 Å². The summed E-state index contributed by atoms with van der Waals surface area (Å²) < 4.78 is 1.86. The molecule has 0 fully saturated rings. The third kappa shape index (κ3) is 2.99. The zero-order chi connectivity index (χ0) is 13.1. The highest BCUT2D eigenvalue weighted by Crippen LogP contribution is 2.14. The summed E-state index contributed by atoms with van der Waals surface area (Å²) in [5, 5.41) is 7.89. The molecule has 1 aromatic heterocycles. The number of hydrogen-bond acceptors (Lipinski definition) is 2. The fourth-order valence-corrected chi connectivity index (χ4v) is 2.06. The molecular weight excluding hydrogens is 222 g/mol. The van der Waals surface area contributed by atoms with Crippen molar-refractivity contribution in [2.45, 2.75) is 33.4 Å². The normalized spacial score (nSPS) is 12.7. The number of nitrogens with one attached hydrogen (secondary N) is 1. The van der Waals surface area contributed by atoms with E-state index in [2.05, 4.69) is 54.7 Å². The van der Waals surface area contributed by atoms with Crippen LogP contribution in [0.25, 0.3) is 0 Å². The summed E-state index contributed by atoms with van der Waals surface area (Å²) in [7, 11) is 1.96. The molecule has 0 amide bonds. The molecule has 1 atom stereocenters.